The number of ether oxygens (including phenoxy) is 2. The maximum Gasteiger partial charge on any atom is 0.487 e. The van der Waals surface area contributed by atoms with Gasteiger partial charge in [0.15, 0.2) is 5.41 Å². The second-order valence-corrected chi connectivity index (χ2v) is 15.7. The van der Waals surface area contributed by atoms with Crippen LogP contribution in [0.25, 0.3) is 0 Å². The molecule has 1 unspecified atom stereocenters. The van der Waals surface area contributed by atoms with Gasteiger partial charge >= 0.3 is 19.1 Å². The van der Waals surface area contributed by atoms with Crippen LogP contribution in [0, 0.1) is 11.3 Å². The summed E-state index contributed by atoms with van der Waals surface area (Å²) >= 11 is 0. The molecule has 2 aliphatic rings. The largest absolute Gasteiger partial charge is 0.487 e. The van der Waals surface area contributed by atoms with Crippen molar-refractivity contribution in [2.45, 2.75) is 70.9 Å². The van der Waals surface area contributed by atoms with Crippen LogP contribution >= 0.6 is 0 Å². The highest BCUT2D eigenvalue weighted by Crippen LogP contribution is 2.50. The van der Waals surface area contributed by atoms with E-state index in [0.717, 1.165) is 11.6 Å². The topological polar surface area (TPSA) is 71.1 Å². The average Bonchev–Trinajstić information content (AvgIpc) is 3.20. The van der Waals surface area contributed by atoms with Gasteiger partial charge in [-0.25, -0.2) is 0 Å². The van der Waals surface area contributed by atoms with Crippen LogP contribution < -0.4 is 5.19 Å². The molecule has 180 valence electrons. The fraction of sp³-hybridized carbons (Fsp3) is 0.600. The zero-order valence-corrected chi connectivity index (χ0v) is 22.2. The van der Waals surface area contributed by atoms with Crippen LogP contribution in [0.3, 0.4) is 0 Å². The highest BCUT2D eigenvalue weighted by atomic mass is 28.3. The first-order chi connectivity index (χ1) is 15.3. The summed E-state index contributed by atoms with van der Waals surface area (Å²) in [7, 11) is 0.221. The van der Waals surface area contributed by atoms with Gasteiger partial charge in [-0.15, -0.1) is 0 Å². The van der Waals surface area contributed by atoms with E-state index in [1.54, 1.807) is 0 Å². The maximum absolute atomic E-state index is 12.9. The van der Waals surface area contributed by atoms with E-state index in [0.29, 0.717) is 6.42 Å². The van der Waals surface area contributed by atoms with Crippen molar-refractivity contribution in [3.8, 4) is 0 Å². The highest BCUT2D eigenvalue weighted by Gasteiger charge is 2.57. The average molecular weight is 472 g/mol. The molecule has 1 aromatic rings. The number of methoxy groups -OCH3 is 2. The Morgan fingerprint density at radius 3 is 2.03 bits per heavy atom. The van der Waals surface area contributed by atoms with Crippen LogP contribution in [-0.2, 0) is 28.4 Å². The number of allylic oxidation sites excluding steroid dienone is 1. The number of carbonyl (C=O) groups excluding carboxylic acids is 2. The summed E-state index contributed by atoms with van der Waals surface area (Å²) in [6, 6.07) is 11.4. The minimum absolute atomic E-state index is 0.0177. The fourth-order valence-corrected chi connectivity index (χ4v) is 8.02. The summed E-state index contributed by atoms with van der Waals surface area (Å²) in [5.41, 5.74) is -1.28. The normalized spacial score (nSPS) is 24.7. The molecule has 2 fully saturated rings. The molecule has 1 atom stereocenters. The lowest BCUT2D eigenvalue weighted by Crippen LogP contribution is -2.43. The lowest BCUT2D eigenvalue weighted by atomic mass is 9.83. The molecule has 3 rings (SSSR count). The summed E-state index contributed by atoms with van der Waals surface area (Å²) in [5, 5.41) is 1.34. The molecule has 0 N–H and O–H groups in total. The Bertz CT molecular complexity index is 892. The third-order valence-electron chi connectivity index (χ3n) is 7.71. The van der Waals surface area contributed by atoms with Crippen LogP contribution in [-0.4, -0.2) is 52.6 Å². The Labute approximate surface area is 199 Å². The molecule has 1 heterocycles. The Morgan fingerprint density at radius 1 is 1.03 bits per heavy atom. The number of benzene rings is 1. The molecule has 0 spiro atoms. The first-order valence-electron chi connectivity index (χ1n) is 11.6. The van der Waals surface area contributed by atoms with Crippen molar-refractivity contribution in [1.29, 1.82) is 0 Å². The molecule has 1 aromatic carbocycles. The zero-order chi connectivity index (χ0) is 24.7. The first kappa shape index (κ1) is 25.7. The highest BCUT2D eigenvalue weighted by molar-refractivity contribution is 6.89. The van der Waals surface area contributed by atoms with E-state index in [4.69, 9.17) is 18.8 Å². The molecule has 6 nitrogen and oxygen atoms in total. The number of hydrogen-bond acceptors (Lipinski definition) is 6. The summed E-state index contributed by atoms with van der Waals surface area (Å²) in [5.74, 6) is 0.903. The maximum atomic E-state index is 12.9. The van der Waals surface area contributed by atoms with Crippen molar-refractivity contribution >= 4 is 32.3 Å². The van der Waals surface area contributed by atoms with Gasteiger partial charge in [0.2, 0.25) is 0 Å². The summed E-state index contributed by atoms with van der Waals surface area (Å²) in [6.07, 6.45) is 0.612. The van der Waals surface area contributed by atoms with Crippen LogP contribution in [0.4, 0.5) is 0 Å². The van der Waals surface area contributed by atoms with Gasteiger partial charge < -0.3 is 18.8 Å². The van der Waals surface area contributed by atoms with Gasteiger partial charge in [-0.2, -0.15) is 0 Å². The number of hydrogen-bond donors (Lipinski definition) is 0. The van der Waals surface area contributed by atoms with E-state index in [1.807, 2.05) is 39.7 Å². The Balaban J connectivity index is 2.00. The van der Waals surface area contributed by atoms with Crippen molar-refractivity contribution in [2.24, 2.45) is 11.3 Å². The van der Waals surface area contributed by atoms with Crippen molar-refractivity contribution < 1.29 is 28.4 Å². The Kier molecular flexibility index (Phi) is 7.05. The van der Waals surface area contributed by atoms with E-state index in [-0.39, 0.29) is 12.3 Å². The molecule has 1 saturated heterocycles. The van der Waals surface area contributed by atoms with E-state index in [1.165, 1.54) is 19.4 Å². The van der Waals surface area contributed by atoms with Crippen molar-refractivity contribution in [3.63, 3.8) is 0 Å². The second kappa shape index (κ2) is 9.04. The van der Waals surface area contributed by atoms with Crippen LogP contribution in [0.1, 0.15) is 40.5 Å². The van der Waals surface area contributed by atoms with Gasteiger partial charge in [0.1, 0.15) is 0 Å². The van der Waals surface area contributed by atoms with Crippen LogP contribution in [0.5, 0.6) is 0 Å². The molecule has 0 aromatic heterocycles. The molecule has 0 bridgehead atoms. The summed E-state index contributed by atoms with van der Waals surface area (Å²) < 4.78 is 22.6. The van der Waals surface area contributed by atoms with Crippen LogP contribution in [0.15, 0.2) is 41.9 Å². The van der Waals surface area contributed by atoms with Gasteiger partial charge in [-0.05, 0) is 52.5 Å². The molecule has 33 heavy (non-hydrogen) atoms. The molecule has 1 saturated carbocycles. The first-order valence-corrected chi connectivity index (χ1v) is 14.8. The summed E-state index contributed by atoms with van der Waals surface area (Å²) in [4.78, 5) is 25.8. The number of rotatable bonds is 6. The lowest BCUT2D eigenvalue weighted by molar-refractivity contribution is -0.168. The van der Waals surface area contributed by atoms with E-state index < -0.39 is 43.7 Å². The van der Waals surface area contributed by atoms with Crippen LogP contribution in [0.2, 0.25) is 19.1 Å². The fourth-order valence-electron chi connectivity index (χ4n) is 5.05. The molecule has 8 heteroatoms. The van der Waals surface area contributed by atoms with E-state index in [2.05, 4.69) is 37.4 Å². The quantitative estimate of drug-likeness (QED) is 0.355. The molecular weight excluding hydrogens is 435 g/mol. The second-order valence-electron chi connectivity index (χ2n) is 11.0. The monoisotopic (exact) mass is 472 g/mol. The van der Waals surface area contributed by atoms with E-state index in [9.17, 15) is 9.59 Å². The predicted molar refractivity (Wildman–Crippen MR) is 132 cm³/mol. The number of esters is 2. The third-order valence-corrected chi connectivity index (χ3v) is 11.1. The van der Waals surface area contributed by atoms with Crippen molar-refractivity contribution in [1.82, 2.24) is 0 Å². The van der Waals surface area contributed by atoms with Gasteiger partial charge in [0.05, 0.1) is 33.5 Å². The van der Waals surface area contributed by atoms with Gasteiger partial charge in [0.25, 0.3) is 0 Å². The van der Waals surface area contributed by atoms with Gasteiger partial charge in [0, 0.05) is 0 Å². The molecule has 1 aliphatic heterocycles. The van der Waals surface area contributed by atoms with Gasteiger partial charge in [-0.1, -0.05) is 60.2 Å². The van der Waals surface area contributed by atoms with Crippen molar-refractivity contribution in [2.75, 3.05) is 14.2 Å². The Hall–Kier alpha value is -1.90. The van der Waals surface area contributed by atoms with E-state index >= 15 is 0 Å². The molecule has 0 radical (unpaired) electrons. The Morgan fingerprint density at radius 2 is 1.55 bits per heavy atom. The summed E-state index contributed by atoms with van der Waals surface area (Å²) in [6.45, 7) is 12.7. The van der Waals surface area contributed by atoms with Crippen molar-refractivity contribution in [3.05, 3.63) is 41.9 Å². The molecular formula is C25H37BO6Si. The van der Waals surface area contributed by atoms with Gasteiger partial charge in [-0.3, -0.25) is 9.59 Å². The SMILES string of the molecule is COC(=O)C1(C(=O)OC)C/C(=C/B2OC(C)(C)C(C)(C)O2)C(C[Si](C)(C)c2ccccc2)C1. The minimum atomic E-state index is -1.88. The predicted octanol–water partition coefficient (Wildman–Crippen LogP) is 3.90. The zero-order valence-electron chi connectivity index (χ0n) is 21.2. The minimum Gasteiger partial charge on any atom is -0.468 e. The smallest absolute Gasteiger partial charge is 0.468 e. The molecule has 0 amide bonds. The standard InChI is InChI=1S/C25H37BO6Si/c1-23(2)24(3,4)32-26(31-23)16-18-14-25(21(27)29-5,22(28)30-6)15-19(18)17-33(7,8)20-12-10-9-11-13-20/h9-13,16,19H,14-15,17H2,1-8H3/b18-16-. The molecule has 1 aliphatic carbocycles. The number of carbonyl (C=O) groups is 2. The third kappa shape index (κ3) is 4.84. The lowest BCUT2D eigenvalue weighted by Gasteiger charge is -2.32.